The van der Waals surface area contributed by atoms with Crippen LogP contribution in [0.5, 0.6) is 11.5 Å². The molecule has 2 unspecified atom stereocenters. The minimum Gasteiger partial charge on any atom is -0.490 e. The summed E-state index contributed by atoms with van der Waals surface area (Å²) in [6.45, 7) is 7.22. The third-order valence-corrected chi connectivity index (χ3v) is 4.78. The van der Waals surface area contributed by atoms with Gasteiger partial charge in [0.1, 0.15) is 0 Å². The van der Waals surface area contributed by atoms with E-state index in [0.29, 0.717) is 24.1 Å². The first-order valence-electron chi connectivity index (χ1n) is 9.46. The fraction of sp³-hybridized carbons (Fsp3) is 0.650. The second kappa shape index (κ2) is 9.78. The first-order valence-corrected chi connectivity index (χ1v) is 9.46. The monoisotopic (exact) mass is 363 g/mol. The molecule has 1 saturated heterocycles. The fourth-order valence-corrected chi connectivity index (χ4v) is 3.25. The van der Waals surface area contributed by atoms with E-state index in [4.69, 9.17) is 9.47 Å². The van der Waals surface area contributed by atoms with Crippen molar-refractivity contribution in [2.75, 3.05) is 40.8 Å². The molecule has 0 saturated carbocycles. The van der Waals surface area contributed by atoms with E-state index in [2.05, 4.69) is 17.3 Å². The van der Waals surface area contributed by atoms with Gasteiger partial charge in [0.25, 0.3) is 5.91 Å². The maximum Gasteiger partial charge on any atom is 0.262 e. The summed E-state index contributed by atoms with van der Waals surface area (Å²) in [5.74, 6) is 1.22. The Morgan fingerprint density at radius 2 is 2.15 bits per heavy atom. The molecule has 146 valence electrons. The fourth-order valence-electron chi connectivity index (χ4n) is 3.25. The van der Waals surface area contributed by atoms with Crippen LogP contribution in [0.25, 0.3) is 0 Å². The van der Waals surface area contributed by atoms with Crippen LogP contribution in [-0.4, -0.2) is 68.7 Å². The molecular weight excluding hydrogens is 330 g/mol. The van der Waals surface area contributed by atoms with E-state index in [1.807, 2.05) is 25.1 Å². The lowest BCUT2D eigenvalue weighted by atomic mass is 10.1. The lowest BCUT2D eigenvalue weighted by Gasteiger charge is -2.21. The first kappa shape index (κ1) is 20.5. The summed E-state index contributed by atoms with van der Waals surface area (Å²) in [6.07, 6.45) is 2.00. The molecule has 0 aromatic heterocycles. The maximum atomic E-state index is 12.0. The summed E-state index contributed by atoms with van der Waals surface area (Å²) in [4.78, 5) is 16.0. The predicted molar refractivity (Wildman–Crippen MR) is 104 cm³/mol. The number of ether oxygens (including phenoxy) is 2. The molecule has 1 amide bonds. The van der Waals surface area contributed by atoms with Crippen LogP contribution in [0.15, 0.2) is 18.2 Å². The standard InChI is InChI=1S/C20H33N3O3/c1-6-25-19-12-16(13-21-14-17-8-7-11-23(17)5)9-10-18(19)26-15(2)20(24)22(3)4/h9-10,12,15,17,21H,6-8,11,13-14H2,1-5H3. The van der Waals surface area contributed by atoms with Crippen molar-refractivity contribution in [3.8, 4) is 11.5 Å². The highest BCUT2D eigenvalue weighted by Crippen LogP contribution is 2.29. The molecule has 0 spiro atoms. The van der Waals surface area contributed by atoms with Crippen molar-refractivity contribution in [2.24, 2.45) is 0 Å². The summed E-state index contributed by atoms with van der Waals surface area (Å²) in [5, 5.41) is 3.54. The minimum atomic E-state index is -0.550. The molecule has 2 rings (SSSR count). The van der Waals surface area contributed by atoms with Gasteiger partial charge in [0.2, 0.25) is 0 Å². The number of carbonyl (C=O) groups is 1. The zero-order chi connectivity index (χ0) is 19.1. The number of likely N-dealkylation sites (tertiary alicyclic amines) is 1. The molecule has 1 aliphatic rings. The Kier molecular flexibility index (Phi) is 7.72. The van der Waals surface area contributed by atoms with E-state index in [1.54, 1.807) is 21.0 Å². The molecule has 0 radical (unpaired) electrons. The largest absolute Gasteiger partial charge is 0.490 e. The van der Waals surface area contributed by atoms with E-state index < -0.39 is 6.10 Å². The van der Waals surface area contributed by atoms with Crippen LogP contribution in [0.1, 0.15) is 32.3 Å². The normalized spacial score (nSPS) is 18.6. The van der Waals surface area contributed by atoms with E-state index in [9.17, 15) is 4.79 Å². The Balaban J connectivity index is 1.97. The molecule has 26 heavy (non-hydrogen) atoms. The number of benzene rings is 1. The topological polar surface area (TPSA) is 54.0 Å². The van der Waals surface area contributed by atoms with Gasteiger partial charge in [-0.15, -0.1) is 0 Å². The van der Waals surface area contributed by atoms with E-state index in [1.165, 1.54) is 24.3 Å². The van der Waals surface area contributed by atoms with Crippen molar-refractivity contribution < 1.29 is 14.3 Å². The number of amides is 1. The summed E-state index contributed by atoms with van der Waals surface area (Å²) in [5.41, 5.74) is 1.15. The number of nitrogens with zero attached hydrogens (tertiary/aromatic N) is 2. The lowest BCUT2D eigenvalue weighted by molar-refractivity contribution is -0.135. The third kappa shape index (κ3) is 5.61. The molecule has 1 aliphatic heterocycles. The van der Waals surface area contributed by atoms with E-state index in [-0.39, 0.29) is 5.91 Å². The van der Waals surface area contributed by atoms with Crippen LogP contribution in [0.3, 0.4) is 0 Å². The number of carbonyl (C=O) groups excluding carboxylic acids is 1. The number of hydrogen-bond acceptors (Lipinski definition) is 5. The molecule has 6 heteroatoms. The molecular formula is C20H33N3O3. The quantitative estimate of drug-likeness (QED) is 0.728. The van der Waals surface area contributed by atoms with E-state index in [0.717, 1.165) is 18.7 Å². The number of nitrogens with one attached hydrogen (secondary N) is 1. The van der Waals surface area contributed by atoms with Crippen molar-refractivity contribution in [1.29, 1.82) is 0 Å². The summed E-state index contributed by atoms with van der Waals surface area (Å²) >= 11 is 0. The summed E-state index contributed by atoms with van der Waals surface area (Å²) < 4.78 is 11.6. The second-order valence-corrected chi connectivity index (χ2v) is 7.11. The Labute approximate surface area is 157 Å². The van der Waals surface area contributed by atoms with Gasteiger partial charge in [-0.2, -0.15) is 0 Å². The molecule has 0 aliphatic carbocycles. The molecule has 0 bridgehead atoms. The number of likely N-dealkylation sites (N-methyl/N-ethyl adjacent to an activating group) is 2. The smallest absolute Gasteiger partial charge is 0.262 e. The van der Waals surface area contributed by atoms with Gasteiger partial charge >= 0.3 is 0 Å². The van der Waals surface area contributed by atoms with Crippen molar-refractivity contribution in [2.45, 2.75) is 45.4 Å². The molecule has 1 heterocycles. The Morgan fingerprint density at radius 3 is 2.77 bits per heavy atom. The number of rotatable bonds is 9. The highest BCUT2D eigenvalue weighted by Gasteiger charge is 2.21. The Morgan fingerprint density at radius 1 is 1.38 bits per heavy atom. The second-order valence-electron chi connectivity index (χ2n) is 7.11. The van der Waals surface area contributed by atoms with Crippen molar-refractivity contribution in [3.63, 3.8) is 0 Å². The highest BCUT2D eigenvalue weighted by atomic mass is 16.5. The number of hydrogen-bond donors (Lipinski definition) is 1. The molecule has 2 atom stereocenters. The molecule has 1 N–H and O–H groups in total. The molecule has 6 nitrogen and oxygen atoms in total. The van der Waals surface area contributed by atoms with Crippen molar-refractivity contribution in [3.05, 3.63) is 23.8 Å². The SMILES string of the molecule is CCOc1cc(CNCC2CCCN2C)ccc1OC(C)C(=O)N(C)C. The van der Waals surface area contributed by atoms with E-state index >= 15 is 0 Å². The molecule has 1 aromatic rings. The van der Waals surface area contributed by atoms with Crippen LogP contribution in [0.4, 0.5) is 0 Å². The van der Waals surface area contributed by atoms with Gasteiger partial charge < -0.3 is 24.6 Å². The van der Waals surface area contributed by atoms with Gasteiger partial charge in [0.05, 0.1) is 6.61 Å². The van der Waals surface area contributed by atoms with Crippen LogP contribution in [-0.2, 0) is 11.3 Å². The maximum absolute atomic E-state index is 12.0. The van der Waals surface area contributed by atoms with Crippen molar-refractivity contribution in [1.82, 2.24) is 15.1 Å². The lowest BCUT2D eigenvalue weighted by Crippen LogP contribution is -2.35. The van der Waals surface area contributed by atoms with Gasteiger partial charge in [-0.3, -0.25) is 4.79 Å². The van der Waals surface area contributed by atoms with Gasteiger partial charge in [0, 0.05) is 33.2 Å². The third-order valence-electron chi connectivity index (χ3n) is 4.78. The summed E-state index contributed by atoms with van der Waals surface area (Å²) in [7, 11) is 5.64. The Bertz CT molecular complexity index is 592. The minimum absolute atomic E-state index is 0.0705. The van der Waals surface area contributed by atoms with Crippen LogP contribution in [0, 0.1) is 0 Å². The molecule has 1 fully saturated rings. The Hall–Kier alpha value is -1.79. The molecule has 1 aromatic carbocycles. The van der Waals surface area contributed by atoms with Gasteiger partial charge in [-0.05, 0) is 58.0 Å². The van der Waals surface area contributed by atoms with Crippen LogP contribution >= 0.6 is 0 Å². The van der Waals surface area contributed by atoms with Crippen LogP contribution in [0.2, 0.25) is 0 Å². The van der Waals surface area contributed by atoms with Gasteiger partial charge in [0.15, 0.2) is 17.6 Å². The summed E-state index contributed by atoms with van der Waals surface area (Å²) in [6, 6.07) is 6.54. The first-order chi connectivity index (χ1) is 12.4. The van der Waals surface area contributed by atoms with Gasteiger partial charge in [-0.25, -0.2) is 0 Å². The average molecular weight is 364 g/mol. The zero-order valence-electron chi connectivity index (χ0n) is 16.7. The average Bonchev–Trinajstić information content (AvgIpc) is 3.01. The van der Waals surface area contributed by atoms with Crippen LogP contribution < -0.4 is 14.8 Å². The zero-order valence-corrected chi connectivity index (χ0v) is 16.7. The van der Waals surface area contributed by atoms with Crippen molar-refractivity contribution >= 4 is 5.91 Å². The van der Waals surface area contributed by atoms with Gasteiger partial charge in [-0.1, -0.05) is 6.07 Å². The highest BCUT2D eigenvalue weighted by molar-refractivity contribution is 5.80. The predicted octanol–water partition coefficient (Wildman–Crippen LogP) is 2.12.